The van der Waals surface area contributed by atoms with E-state index in [-0.39, 0.29) is 12.4 Å². The van der Waals surface area contributed by atoms with Crippen molar-refractivity contribution in [2.45, 2.75) is 25.9 Å². The molecule has 0 saturated carbocycles. The highest BCUT2D eigenvalue weighted by Crippen LogP contribution is 2.20. The molecule has 2 heterocycles. The van der Waals surface area contributed by atoms with Gasteiger partial charge in [0.25, 0.3) is 0 Å². The van der Waals surface area contributed by atoms with Gasteiger partial charge in [0.05, 0.1) is 13.2 Å². The first-order valence-electron chi connectivity index (χ1n) is 5.31. The SMILES string of the molecule is CCC1COCCN1Cc1cnc(N)s1.Cl. The third kappa shape index (κ3) is 3.31. The number of hydrogen-bond donors (Lipinski definition) is 1. The zero-order valence-corrected chi connectivity index (χ0v) is 11.0. The van der Waals surface area contributed by atoms with Crippen LogP contribution in [0.5, 0.6) is 0 Å². The van der Waals surface area contributed by atoms with Gasteiger partial charge in [0.1, 0.15) is 0 Å². The van der Waals surface area contributed by atoms with Crippen molar-refractivity contribution in [3.8, 4) is 0 Å². The van der Waals surface area contributed by atoms with Crippen molar-refractivity contribution in [1.82, 2.24) is 9.88 Å². The normalized spacial score (nSPS) is 21.7. The number of hydrogen-bond acceptors (Lipinski definition) is 5. The van der Waals surface area contributed by atoms with Gasteiger partial charge in [0, 0.05) is 30.2 Å². The minimum Gasteiger partial charge on any atom is -0.378 e. The summed E-state index contributed by atoms with van der Waals surface area (Å²) < 4.78 is 5.47. The summed E-state index contributed by atoms with van der Waals surface area (Å²) in [5.41, 5.74) is 5.62. The molecule has 1 unspecified atom stereocenters. The minimum absolute atomic E-state index is 0. The lowest BCUT2D eigenvalue weighted by Gasteiger charge is -2.34. The Hall–Kier alpha value is -0.360. The van der Waals surface area contributed by atoms with E-state index in [0.29, 0.717) is 11.2 Å². The monoisotopic (exact) mass is 263 g/mol. The Kier molecular flexibility index (Phi) is 5.48. The fourth-order valence-electron chi connectivity index (χ4n) is 1.87. The molecule has 0 bridgehead atoms. The van der Waals surface area contributed by atoms with Gasteiger partial charge in [-0.1, -0.05) is 6.92 Å². The Labute approximate surface area is 106 Å². The van der Waals surface area contributed by atoms with Crippen molar-refractivity contribution < 1.29 is 4.74 Å². The summed E-state index contributed by atoms with van der Waals surface area (Å²) in [7, 11) is 0. The van der Waals surface area contributed by atoms with Crippen molar-refractivity contribution in [1.29, 1.82) is 0 Å². The third-order valence-corrected chi connectivity index (χ3v) is 3.56. The Morgan fingerprint density at radius 3 is 3.12 bits per heavy atom. The molecule has 1 aliphatic rings. The summed E-state index contributed by atoms with van der Waals surface area (Å²) in [4.78, 5) is 7.77. The summed E-state index contributed by atoms with van der Waals surface area (Å²) in [6.45, 7) is 5.86. The van der Waals surface area contributed by atoms with Crippen LogP contribution in [-0.4, -0.2) is 35.7 Å². The standard InChI is InChI=1S/C10H17N3OS.ClH/c1-2-8-7-14-4-3-13(8)6-9-5-12-10(11)15-9;/h5,8H,2-4,6-7H2,1H3,(H2,11,12);1H. The van der Waals surface area contributed by atoms with Gasteiger partial charge in [-0.05, 0) is 6.42 Å². The van der Waals surface area contributed by atoms with Crippen LogP contribution in [0.15, 0.2) is 6.20 Å². The predicted octanol–water partition coefficient (Wildman–Crippen LogP) is 1.76. The Balaban J connectivity index is 0.00000128. The molecular weight excluding hydrogens is 246 g/mol. The average Bonchev–Trinajstić information content (AvgIpc) is 2.65. The number of ether oxygens (including phenoxy) is 1. The summed E-state index contributed by atoms with van der Waals surface area (Å²) in [6.07, 6.45) is 3.01. The van der Waals surface area contributed by atoms with E-state index >= 15 is 0 Å². The molecule has 0 spiro atoms. The zero-order valence-electron chi connectivity index (χ0n) is 9.39. The van der Waals surface area contributed by atoms with Crippen LogP contribution in [0.3, 0.4) is 0 Å². The summed E-state index contributed by atoms with van der Waals surface area (Å²) in [5, 5.41) is 0.659. The molecule has 1 fully saturated rings. The van der Waals surface area contributed by atoms with Crippen LogP contribution >= 0.6 is 23.7 Å². The Morgan fingerprint density at radius 1 is 1.69 bits per heavy atom. The van der Waals surface area contributed by atoms with Crippen LogP contribution in [0.2, 0.25) is 0 Å². The predicted molar refractivity (Wildman–Crippen MR) is 69.1 cm³/mol. The van der Waals surface area contributed by atoms with Crippen molar-refractivity contribution >= 4 is 28.9 Å². The van der Waals surface area contributed by atoms with Crippen LogP contribution in [0.4, 0.5) is 5.13 Å². The molecule has 1 aromatic heterocycles. The van der Waals surface area contributed by atoms with E-state index < -0.39 is 0 Å². The number of nitrogen functional groups attached to an aromatic ring is 1. The highest BCUT2D eigenvalue weighted by molar-refractivity contribution is 7.15. The lowest BCUT2D eigenvalue weighted by atomic mass is 10.2. The van der Waals surface area contributed by atoms with Gasteiger partial charge in [-0.15, -0.1) is 23.7 Å². The number of aromatic nitrogens is 1. The van der Waals surface area contributed by atoms with Crippen LogP contribution in [-0.2, 0) is 11.3 Å². The summed E-state index contributed by atoms with van der Waals surface area (Å²) in [6, 6.07) is 0.544. The topological polar surface area (TPSA) is 51.4 Å². The maximum atomic E-state index is 5.62. The lowest BCUT2D eigenvalue weighted by Crippen LogP contribution is -2.44. The van der Waals surface area contributed by atoms with E-state index in [4.69, 9.17) is 10.5 Å². The number of thiazole rings is 1. The van der Waals surface area contributed by atoms with Gasteiger partial charge >= 0.3 is 0 Å². The zero-order chi connectivity index (χ0) is 10.7. The largest absolute Gasteiger partial charge is 0.378 e. The maximum absolute atomic E-state index is 5.62. The lowest BCUT2D eigenvalue weighted by molar-refractivity contribution is -0.0123. The van der Waals surface area contributed by atoms with E-state index in [0.717, 1.165) is 32.7 Å². The summed E-state index contributed by atoms with van der Waals surface area (Å²) >= 11 is 1.58. The number of halogens is 1. The molecule has 0 aliphatic carbocycles. The molecule has 0 aromatic carbocycles. The molecule has 1 atom stereocenters. The molecule has 0 amide bonds. The van der Waals surface area contributed by atoms with Crippen molar-refractivity contribution in [2.75, 3.05) is 25.5 Å². The number of morpholine rings is 1. The second kappa shape index (κ2) is 6.39. The second-order valence-corrected chi connectivity index (χ2v) is 4.92. The number of anilines is 1. The van der Waals surface area contributed by atoms with Gasteiger partial charge in [-0.25, -0.2) is 4.98 Å². The Morgan fingerprint density at radius 2 is 2.50 bits per heavy atom. The molecule has 1 saturated heterocycles. The summed E-state index contributed by atoms with van der Waals surface area (Å²) in [5.74, 6) is 0. The molecular formula is C10H18ClN3OS. The number of nitrogens with zero attached hydrogens (tertiary/aromatic N) is 2. The molecule has 92 valence electrons. The molecule has 1 aliphatic heterocycles. The molecule has 16 heavy (non-hydrogen) atoms. The average molecular weight is 264 g/mol. The van der Waals surface area contributed by atoms with Crippen molar-refractivity contribution in [3.63, 3.8) is 0 Å². The molecule has 6 heteroatoms. The first-order chi connectivity index (χ1) is 7.29. The smallest absolute Gasteiger partial charge is 0.180 e. The molecule has 2 rings (SSSR count). The minimum atomic E-state index is 0. The van der Waals surface area contributed by atoms with Crippen LogP contribution < -0.4 is 5.73 Å². The fraction of sp³-hybridized carbons (Fsp3) is 0.700. The molecule has 1 aromatic rings. The van der Waals surface area contributed by atoms with Gasteiger partial charge in [0.15, 0.2) is 5.13 Å². The van der Waals surface area contributed by atoms with Crippen molar-refractivity contribution in [3.05, 3.63) is 11.1 Å². The number of rotatable bonds is 3. The van der Waals surface area contributed by atoms with Crippen LogP contribution in [0.25, 0.3) is 0 Å². The molecule has 0 radical (unpaired) electrons. The van der Waals surface area contributed by atoms with Crippen LogP contribution in [0, 0.1) is 0 Å². The van der Waals surface area contributed by atoms with E-state index in [1.54, 1.807) is 11.3 Å². The van der Waals surface area contributed by atoms with Gasteiger partial charge in [0.2, 0.25) is 0 Å². The van der Waals surface area contributed by atoms with E-state index in [2.05, 4.69) is 16.8 Å². The van der Waals surface area contributed by atoms with Gasteiger partial charge < -0.3 is 10.5 Å². The second-order valence-electron chi connectivity index (χ2n) is 3.77. The fourth-order valence-corrected chi connectivity index (χ4v) is 2.58. The van der Waals surface area contributed by atoms with Gasteiger partial charge in [-0.2, -0.15) is 0 Å². The van der Waals surface area contributed by atoms with E-state index in [9.17, 15) is 0 Å². The van der Waals surface area contributed by atoms with Crippen molar-refractivity contribution in [2.24, 2.45) is 0 Å². The quantitative estimate of drug-likeness (QED) is 0.903. The third-order valence-electron chi connectivity index (χ3n) is 2.75. The Bertz CT molecular complexity index is 321. The van der Waals surface area contributed by atoms with E-state index in [1.165, 1.54) is 4.88 Å². The highest BCUT2D eigenvalue weighted by atomic mass is 35.5. The van der Waals surface area contributed by atoms with Crippen LogP contribution in [0.1, 0.15) is 18.2 Å². The first-order valence-corrected chi connectivity index (χ1v) is 6.13. The van der Waals surface area contributed by atoms with E-state index in [1.807, 2.05) is 6.20 Å². The highest BCUT2D eigenvalue weighted by Gasteiger charge is 2.21. The first kappa shape index (κ1) is 13.7. The maximum Gasteiger partial charge on any atom is 0.180 e. The molecule has 4 nitrogen and oxygen atoms in total. The number of nitrogens with two attached hydrogens (primary N) is 1. The molecule has 2 N–H and O–H groups in total. The van der Waals surface area contributed by atoms with Gasteiger partial charge in [-0.3, -0.25) is 4.90 Å².